The van der Waals surface area contributed by atoms with Gasteiger partial charge in [0, 0.05) is 5.56 Å². The number of aryl methyl sites for hydroxylation is 1. The number of hydrogen-bond acceptors (Lipinski definition) is 2. The minimum absolute atomic E-state index is 0.0314. The molecule has 1 aromatic heterocycles. The zero-order valence-corrected chi connectivity index (χ0v) is 10.1. The molecule has 0 unspecified atom stereocenters. The molecule has 0 fully saturated rings. The van der Waals surface area contributed by atoms with E-state index in [4.69, 9.17) is 5.26 Å². The van der Waals surface area contributed by atoms with Gasteiger partial charge in [-0.3, -0.25) is 4.68 Å². The van der Waals surface area contributed by atoms with Gasteiger partial charge in [0.15, 0.2) is 0 Å². The van der Waals surface area contributed by atoms with E-state index in [0.717, 1.165) is 17.5 Å². The average Bonchev–Trinajstić information content (AvgIpc) is 2.68. The molecular weight excluding hydrogens is 243 g/mol. The van der Waals surface area contributed by atoms with Crippen LogP contribution in [0.1, 0.15) is 49.2 Å². The van der Waals surface area contributed by atoms with Crippen LogP contribution in [-0.4, -0.2) is 9.78 Å². The van der Waals surface area contributed by atoms with E-state index >= 15 is 0 Å². The second-order valence-electron chi connectivity index (χ2n) is 4.63. The number of nitrogens with zero attached hydrogens (tertiary/aromatic N) is 3. The van der Waals surface area contributed by atoms with E-state index in [-0.39, 0.29) is 6.42 Å². The van der Waals surface area contributed by atoms with Gasteiger partial charge in [-0.15, -0.1) is 0 Å². The van der Waals surface area contributed by atoms with Crippen molar-refractivity contribution < 1.29 is 13.2 Å². The molecule has 0 bridgehead atoms. The highest BCUT2D eigenvalue weighted by Gasteiger charge is 2.41. The minimum Gasteiger partial charge on any atom is -0.256 e. The lowest BCUT2D eigenvalue weighted by atomic mass is 9.95. The topological polar surface area (TPSA) is 41.6 Å². The van der Waals surface area contributed by atoms with Crippen molar-refractivity contribution in [3.8, 4) is 6.07 Å². The zero-order valence-electron chi connectivity index (χ0n) is 10.1. The minimum atomic E-state index is -4.40. The molecule has 98 valence electrons. The van der Waals surface area contributed by atoms with E-state index in [1.165, 1.54) is 0 Å². The van der Waals surface area contributed by atoms with Crippen molar-refractivity contribution >= 4 is 0 Å². The Morgan fingerprint density at radius 3 is 2.67 bits per heavy atom. The highest BCUT2D eigenvalue weighted by molar-refractivity contribution is 5.31. The average molecular weight is 257 g/mol. The Kier molecular flexibility index (Phi) is 3.33. The second kappa shape index (κ2) is 4.63. The van der Waals surface area contributed by atoms with E-state index in [9.17, 15) is 13.2 Å². The lowest BCUT2D eigenvalue weighted by Gasteiger charge is -2.16. The van der Waals surface area contributed by atoms with Gasteiger partial charge >= 0.3 is 6.18 Å². The maximum atomic E-state index is 13.1. The third-order valence-electron chi connectivity index (χ3n) is 3.25. The van der Waals surface area contributed by atoms with E-state index in [1.54, 1.807) is 6.92 Å². The Labute approximate surface area is 103 Å². The van der Waals surface area contributed by atoms with Crippen LogP contribution in [0, 0.1) is 11.3 Å². The number of hydrogen-bond donors (Lipinski definition) is 0. The predicted molar refractivity (Wildman–Crippen MR) is 58.8 cm³/mol. The molecule has 18 heavy (non-hydrogen) atoms. The molecular formula is C12H14F3N3. The summed E-state index contributed by atoms with van der Waals surface area (Å²) in [7, 11) is 0. The first-order valence-electron chi connectivity index (χ1n) is 5.99. The van der Waals surface area contributed by atoms with Gasteiger partial charge < -0.3 is 0 Å². The summed E-state index contributed by atoms with van der Waals surface area (Å²) in [4.78, 5) is 0. The molecule has 0 aromatic carbocycles. The van der Waals surface area contributed by atoms with Gasteiger partial charge in [-0.25, -0.2) is 0 Å². The number of aromatic nitrogens is 2. The van der Waals surface area contributed by atoms with Gasteiger partial charge in [0.25, 0.3) is 0 Å². The highest BCUT2D eigenvalue weighted by atomic mass is 19.4. The smallest absolute Gasteiger partial charge is 0.256 e. The Morgan fingerprint density at radius 2 is 2.06 bits per heavy atom. The summed E-state index contributed by atoms with van der Waals surface area (Å²) in [6, 6.07) is 1.35. The molecule has 1 heterocycles. The van der Waals surface area contributed by atoms with Crippen LogP contribution >= 0.6 is 0 Å². The fraction of sp³-hybridized carbons (Fsp3) is 0.667. The van der Waals surface area contributed by atoms with Crippen LogP contribution < -0.4 is 0 Å². The van der Waals surface area contributed by atoms with Crippen LogP contribution in [0.2, 0.25) is 0 Å². The van der Waals surface area contributed by atoms with Crippen LogP contribution in [0.3, 0.4) is 0 Å². The molecule has 0 saturated heterocycles. The van der Waals surface area contributed by atoms with Gasteiger partial charge in [-0.1, -0.05) is 0 Å². The first-order chi connectivity index (χ1) is 8.45. The summed E-state index contributed by atoms with van der Waals surface area (Å²) in [5.41, 5.74) is 0.233. The lowest BCUT2D eigenvalue weighted by Crippen LogP contribution is -2.19. The fourth-order valence-electron chi connectivity index (χ4n) is 2.41. The third-order valence-corrected chi connectivity index (χ3v) is 3.25. The molecule has 1 atom stereocenters. The summed E-state index contributed by atoms with van der Waals surface area (Å²) in [6.45, 7) is 1.59. The molecule has 3 nitrogen and oxygen atoms in total. The molecule has 1 aliphatic carbocycles. The van der Waals surface area contributed by atoms with Crippen molar-refractivity contribution in [3.63, 3.8) is 0 Å². The zero-order chi connectivity index (χ0) is 13.3. The van der Waals surface area contributed by atoms with E-state index < -0.39 is 17.9 Å². The molecule has 0 N–H and O–H groups in total. The quantitative estimate of drug-likeness (QED) is 0.816. The van der Waals surface area contributed by atoms with Gasteiger partial charge in [0.2, 0.25) is 0 Å². The fourth-order valence-corrected chi connectivity index (χ4v) is 2.41. The normalized spacial score (nSPS) is 17.1. The van der Waals surface area contributed by atoms with Crippen molar-refractivity contribution in [2.75, 3.05) is 0 Å². The Balaban J connectivity index is 2.52. The Morgan fingerprint density at radius 1 is 1.39 bits per heavy atom. The summed E-state index contributed by atoms with van der Waals surface area (Å²) < 4.78 is 40.4. The predicted octanol–water partition coefficient (Wildman–Crippen LogP) is 3.26. The van der Waals surface area contributed by atoms with Crippen LogP contribution in [0.5, 0.6) is 0 Å². The number of rotatable bonds is 2. The summed E-state index contributed by atoms with van der Waals surface area (Å²) in [5.74, 6) is 0. The number of fused-ring (bicyclic) bond motifs is 1. The van der Waals surface area contributed by atoms with Gasteiger partial charge in [-0.2, -0.15) is 23.5 Å². The van der Waals surface area contributed by atoms with E-state index in [0.29, 0.717) is 24.1 Å². The number of alkyl halides is 3. The monoisotopic (exact) mass is 257 g/mol. The molecule has 0 spiro atoms. The van der Waals surface area contributed by atoms with Crippen LogP contribution in [0.4, 0.5) is 13.2 Å². The SMILES string of the molecule is C[C@H](CC#N)n1nc2c(c1C(F)(F)F)CCCC2. The maximum absolute atomic E-state index is 13.1. The summed E-state index contributed by atoms with van der Waals surface area (Å²) >= 11 is 0. The third kappa shape index (κ3) is 2.22. The highest BCUT2D eigenvalue weighted by Crippen LogP contribution is 2.38. The van der Waals surface area contributed by atoms with Crippen molar-refractivity contribution in [1.82, 2.24) is 9.78 Å². The van der Waals surface area contributed by atoms with Crippen molar-refractivity contribution in [2.24, 2.45) is 0 Å². The van der Waals surface area contributed by atoms with Crippen molar-refractivity contribution in [1.29, 1.82) is 5.26 Å². The standard InChI is InChI=1S/C12H14F3N3/c1-8(6-7-16)18-11(12(13,14)15)9-4-2-3-5-10(9)17-18/h8H,2-6H2,1H3/t8-/m1/s1. The van der Waals surface area contributed by atoms with E-state index in [2.05, 4.69) is 5.10 Å². The summed E-state index contributed by atoms with van der Waals surface area (Å²) in [5, 5.41) is 12.7. The van der Waals surface area contributed by atoms with Crippen LogP contribution in [0.25, 0.3) is 0 Å². The first-order valence-corrected chi connectivity index (χ1v) is 5.99. The van der Waals surface area contributed by atoms with Crippen molar-refractivity contribution in [2.45, 2.75) is 51.2 Å². The Hall–Kier alpha value is -1.51. The van der Waals surface area contributed by atoms with Gasteiger partial charge in [0.05, 0.1) is 24.2 Å². The molecule has 0 radical (unpaired) electrons. The molecule has 0 saturated carbocycles. The first kappa shape index (κ1) is 12.9. The summed E-state index contributed by atoms with van der Waals surface area (Å²) in [6.07, 6.45) is -1.68. The lowest BCUT2D eigenvalue weighted by molar-refractivity contribution is -0.145. The van der Waals surface area contributed by atoms with Gasteiger partial charge in [-0.05, 0) is 32.6 Å². The van der Waals surface area contributed by atoms with Crippen LogP contribution in [-0.2, 0) is 19.0 Å². The second-order valence-corrected chi connectivity index (χ2v) is 4.63. The molecule has 1 aromatic rings. The van der Waals surface area contributed by atoms with E-state index in [1.807, 2.05) is 6.07 Å². The molecule has 2 rings (SSSR count). The van der Waals surface area contributed by atoms with Crippen LogP contribution in [0.15, 0.2) is 0 Å². The molecule has 1 aliphatic rings. The van der Waals surface area contributed by atoms with Gasteiger partial charge in [0.1, 0.15) is 5.69 Å². The number of halogens is 3. The Bertz CT molecular complexity index is 482. The molecule has 0 aliphatic heterocycles. The molecule has 0 amide bonds. The maximum Gasteiger partial charge on any atom is 0.433 e. The largest absolute Gasteiger partial charge is 0.433 e. The molecule has 6 heteroatoms. The number of nitriles is 1. The van der Waals surface area contributed by atoms with Crippen molar-refractivity contribution in [3.05, 3.63) is 17.0 Å².